The summed E-state index contributed by atoms with van der Waals surface area (Å²) in [6.45, 7) is 4.19. The number of para-hydroxylation sites is 2. The number of aryl methyl sites for hydroxylation is 1. The summed E-state index contributed by atoms with van der Waals surface area (Å²) in [4.78, 5) is 21.5. The fraction of sp³-hybridized carbons (Fsp3) is 0.333. The third-order valence-electron chi connectivity index (χ3n) is 5.68. The average molecular weight is 436 g/mol. The number of anilines is 1. The zero-order valence-corrected chi connectivity index (χ0v) is 18.5. The number of benzene rings is 2. The smallest absolute Gasteiger partial charge is 0.241 e. The Labute approximate surface area is 186 Å². The van der Waals surface area contributed by atoms with Gasteiger partial charge in [0.1, 0.15) is 12.7 Å². The Balaban J connectivity index is 1.21. The molecule has 0 saturated heterocycles. The first-order valence-corrected chi connectivity index (χ1v) is 11.4. The number of fused-ring (bicyclic) bond motifs is 2. The van der Waals surface area contributed by atoms with Crippen LogP contribution in [0.4, 0.5) is 5.69 Å². The number of ether oxygens (including phenoxy) is 2. The number of carbonyl (C=O) groups is 1. The Kier molecular flexibility index (Phi) is 5.38. The summed E-state index contributed by atoms with van der Waals surface area (Å²) >= 11 is 1.65. The van der Waals surface area contributed by atoms with Gasteiger partial charge in [-0.1, -0.05) is 18.2 Å². The van der Waals surface area contributed by atoms with Gasteiger partial charge in [-0.2, -0.15) is 0 Å². The second-order valence-corrected chi connectivity index (χ2v) is 9.15. The summed E-state index contributed by atoms with van der Waals surface area (Å²) in [6.07, 6.45) is 0.778. The first-order valence-electron chi connectivity index (χ1n) is 10.5. The van der Waals surface area contributed by atoms with Gasteiger partial charge >= 0.3 is 0 Å². The topological polar surface area (TPSA) is 54.9 Å². The van der Waals surface area contributed by atoms with Crippen molar-refractivity contribution in [3.05, 3.63) is 58.4 Å². The zero-order chi connectivity index (χ0) is 21.4. The summed E-state index contributed by atoms with van der Waals surface area (Å²) in [5.74, 6) is 1.65. The lowest BCUT2D eigenvalue weighted by Gasteiger charge is -2.30. The first kappa shape index (κ1) is 20.0. The Morgan fingerprint density at radius 1 is 1.26 bits per heavy atom. The van der Waals surface area contributed by atoms with Gasteiger partial charge in [0.15, 0.2) is 11.5 Å². The highest BCUT2D eigenvalue weighted by atomic mass is 32.1. The molecule has 0 bridgehead atoms. The maximum absolute atomic E-state index is 13.0. The molecule has 1 atom stereocenters. The largest absolute Gasteiger partial charge is 0.486 e. The van der Waals surface area contributed by atoms with Crippen LogP contribution in [-0.4, -0.2) is 55.2 Å². The van der Waals surface area contributed by atoms with Gasteiger partial charge in [-0.15, -0.1) is 11.3 Å². The van der Waals surface area contributed by atoms with Crippen LogP contribution in [0.5, 0.6) is 11.5 Å². The second kappa shape index (κ2) is 8.32. The van der Waals surface area contributed by atoms with E-state index in [0.29, 0.717) is 19.7 Å². The van der Waals surface area contributed by atoms with Gasteiger partial charge in [0.25, 0.3) is 0 Å². The maximum atomic E-state index is 13.0. The summed E-state index contributed by atoms with van der Waals surface area (Å²) in [5.41, 5.74) is 4.34. The molecule has 0 spiro atoms. The highest BCUT2D eigenvalue weighted by Crippen LogP contribution is 2.33. The van der Waals surface area contributed by atoms with E-state index < -0.39 is 0 Å². The molecule has 1 aromatic heterocycles. The van der Waals surface area contributed by atoms with Gasteiger partial charge in [-0.05, 0) is 50.2 Å². The van der Waals surface area contributed by atoms with E-state index in [1.165, 1.54) is 5.56 Å². The van der Waals surface area contributed by atoms with Gasteiger partial charge in [0.05, 0.1) is 17.2 Å². The molecule has 0 radical (unpaired) electrons. The molecule has 0 N–H and O–H groups in total. The summed E-state index contributed by atoms with van der Waals surface area (Å²) in [6, 6.07) is 14.0. The van der Waals surface area contributed by atoms with E-state index in [-0.39, 0.29) is 12.0 Å². The van der Waals surface area contributed by atoms with Crippen molar-refractivity contribution in [2.24, 2.45) is 0 Å². The number of aromatic nitrogens is 1. The molecule has 5 rings (SSSR count). The minimum absolute atomic E-state index is 0.0947. The Morgan fingerprint density at radius 2 is 2.10 bits per heavy atom. The molecule has 160 valence electrons. The van der Waals surface area contributed by atoms with Crippen LogP contribution in [-0.2, 0) is 11.2 Å². The summed E-state index contributed by atoms with van der Waals surface area (Å²) < 4.78 is 11.8. The third-order valence-corrected chi connectivity index (χ3v) is 6.45. The van der Waals surface area contributed by atoms with Gasteiger partial charge in [-0.3, -0.25) is 9.69 Å². The molecule has 3 heterocycles. The molecule has 0 saturated carbocycles. The number of hydrogen-bond donors (Lipinski definition) is 0. The number of likely N-dealkylation sites (N-methyl/N-ethyl adjacent to an activating group) is 1. The van der Waals surface area contributed by atoms with Crippen LogP contribution in [0.25, 0.3) is 11.3 Å². The molecule has 0 fully saturated rings. The predicted octanol–water partition coefficient (Wildman–Crippen LogP) is 3.78. The van der Waals surface area contributed by atoms with Crippen molar-refractivity contribution in [3.63, 3.8) is 0 Å². The fourth-order valence-corrected chi connectivity index (χ4v) is 4.82. The SMILES string of the molecule is Cc1nc(-c2ccc3c(c2)CCN3C(=O)CN(C)C[C@H]2COc3ccccc3O2)cs1. The van der Waals surface area contributed by atoms with Gasteiger partial charge < -0.3 is 14.4 Å². The van der Waals surface area contributed by atoms with Crippen molar-refractivity contribution in [2.45, 2.75) is 19.4 Å². The van der Waals surface area contributed by atoms with Crippen LogP contribution >= 0.6 is 11.3 Å². The molecule has 2 aromatic carbocycles. The Morgan fingerprint density at radius 3 is 2.90 bits per heavy atom. The lowest BCUT2D eigenvalue weighted by molar-refractivity contribution is -0.119. The molecule has 2 aliphatic rings. The molecule has 1 amide bonds. The summed E-state index contributed by atoms with van der Waals surface area (Å²) in [7, 11) is 1.95. The van der Waals surface area contributed by atoms with E-state index >= 15 is 0 Å². The highest BCUT2D eigenvalue weighted by molar-refractivity contribution is 7.09. The van der Waals surface area contributed by atoms with Crippen LogP contribution in [0.15, 0.2) is 47.8 Å². The quantitative estimate of drug-likeness (QED) is 0.611. The van der Waals surface area contributed by atoms with Crippen molar-refractivity contribution < 1.29 is 14.3 Å². The Hall–Kier alpha value is -2.90. The van der Waals surface area contributed by atoms with Gasteiger partial charge in [0, 0.05) is 29.7 Å². The second-order valence-electron chi connectivity index (χ2n) is 8.08. The highest BCUT2D eigenvalue weighted by Gasteiger charge is 2.27. The minimum atomic E-state index is -0.0947. The monoisotopic (exact) mass is 435 g/mol. The number of thiazole rings is 1. The van der Waals surface area contributed by atoms with Crippen LogP contribution in [0, 0.1) is 6.92 Å². The van der Waals surface area contributed by atoms with Gasteiger partial charge in [-0.25, -0.2) is 4.98 Å². The predicted molar refractivity (Wildman–Crippen MR) is 122 cm³/mol. The van der Waals surface area contributed by atoms with Crippen LogP contribution < -0.4 is 14.4 Å². The Bertz CT molecular complexity index is 1110. The first-order chi connectivity index (χ1) is 15.1. The van der Waals surface area contributed by atoms with Gasteiger partial charge in [0.2, 0.25) is 5.91 Å². The third kappa shape index (κ3) is 4.16. The number of rotatable bonds is 5. The van der Waals surface area contributed by atoms with E-state index in [4.69, 9.17) is 9.47 Å². The molecule has 7 heteroatoms. The molecular formula is C24H25N3O3S. The van der Waals surface area contributed by atoms with E-state index in [1.54, 1.807) is 11.3 Å². The van der Waals surface area contributed by atoms with Crippen LogP contribution in [0.2, 0.25) is 0 Å². The van der Waals surface area contributed by atoms with E-state index in [2.05, 4.69) is 28.6 Å². The lowest BCUT2D eigenvalue weighted by Crippen LogP contribution is -2.44. The molecule has 2 aliphatic heterocycles. The number of nitrogens with zero attached hydrogens (tertiary/aromatic N) is 3. The number of carbonyl (C=O) groups excluding carboxylic acids is 1. The fourth-order valence-electron chi connectivity index (χ4n) is 4.20. The normalized spacial score (nSPS) is 17.1. The van der Waals surface area contributed by atoms with Crippen molar-refractivity contribution in [2.75, 3.05) is 38.2 Å². The van der Waals surface area contributed by atoms with Crippen LogP contribution in [0.1, 0.15) is 10.6 Å². The zero-order valence-electron chi connectivity index (χ0n) is 17.7. The molecule has 3 aromatic rings. The summed E-state index contributed by atoms with van der Waals surface area (Å²) in [5, 5.41) is 3.14. The lowest BCUT2D eigenvalue weighted by atomic mass is 10.1. The molecule has 0 unspecified atom stereocenters. The number of amides is 1. The van der Waals surface area contributed by atoms with Crippen molar-refractivity contribution >= 4 is 22.9 Å². The molecule has 31 heavy (non-hydrogen) atoms. The standard InChI is InChI=1S/C24H25N3O3S/c1-16-25-20(15-31-16)17-7-8-21-18(11-17)9-10-27(21)24(28)13-26(2)12-19-14-29-22-5-3-4-6-23(22)30-19/h3-8,11,15,19H,9-10,12-14H2,1-2H3/t19-/m0/s1. The van der Waals surface area contributed by atoms with E-state index in [0.717, 1.165) is 46.4 Å². The van der Waals surface area contributed by atoms with E-state index in [1.807, 2.05) is 48.0 Å². The average Bonchev–Trinajstić information content (AvgIpc) is 3.39. The van der Waals surface area contributed by atoms with Crippen molar-refractivity contribution in [1.82, 2.24) is 9.88 Å². The minimum Gasteiger partial charge on any atom is -0.486 e. The van der Waals surface area contributed by atoms with Crippen molar-refractivity contribution in [1.29, 1.82) is 0 Å². The van der Waals surface area contributed by atoms with Crippen molar-refractivity contribution in [3.8, 4) is 22.8 Å². The maximum Gasteiger partial charge on any atom is 0.241 e. The van der Waals surface area contributed by atoms with Crippen LogP contribution in [0.3, 0.4) is 0 Å². The molecule has 0 aliphatic carbocycles. The van der Waals surface area contributed by atoms with E-state index in [9.17, 15) is 4.79 Å². The molecular weight excluding hydrogens is 410 g/mol. The number of hydrogen-bond acceptors (Lipinski definition) is 6. The molecule has 6 nitrogen and oxygen atoms in total.